The maximum absolute atomic E-state index is 5.34. The molecular weight excluding hydrogens is 116 g/mol. The van der Waals surface area contributed by atoms with Gasteiger partial charge in [-0.3, -0.25) is 0 Å². The van der Waals surface area contributed by atoms with Gasteiger partial charge in [0.05, 0.1) is 6.10 Å². The quantitative estimate of drug-likeness (QED) is 0.514. The Bertz CT molecular complexity index is 71.5. The molecular formula is C6H14N2O. The molecule has 1 fully saturated rings. The lowest BCUT2D eigenvalue weighted by molar-refractivity contribution is 0.110. The van der Waals surface area contributed by atoms with E-state index < -0.39 is 0 Å². The van der Waals surface area contributed by atoms with Crippen molar-refractivity contribution < 1.29 is 4.74 Å². The fourth-order valence-corrected chi connectivity index (χ4v) is 1.05. The highest BCUT2D eigenvalue weighted by Crippen LogP contribution is 2.09. The molecule has 1 heterocycles. The first-order valence-corrected chi connectivity index (χ1v) is 3.46. The topological polar surface area (TPSA) is 47.3 Å². The van der Waals surface area contributed by atoms with Crippen LogP contribution in [0.25, 0.3) is 0 Å². The van der Waals surface area contributed by atoms with E-state index in [4.69, 9.17) is 10.5 Å². The smallest absolute Gasteiger partial charge is 0.0700 e. The monoisotopic (exact) mass is 130 g/mol. The Labute approximate surface area is 55.6 Å². The third-order valence-electron chi connectivity index (χ3n) is 1.54. The van der Waals surface area contributed by atoms with E-state index in [1.54, 1.807) is 0 Å². The van der Waals surface area contributed by atoms with Crippen molar-refractivity contribution in [3.63, 3.8) is 0 Å². The number of nitrogens with one attached hydrogen (secondary N) is 1. The van der Waals surface area contributed by atoms with Crippen molar-refractivity contribution in [2.24, 2.45) is 5.73 Å². The van der Waals surface area contributed by atoms with Crippen molar-refractivity contribution in [3.05, 3.63) is 0 Å². The molecule has 3 N–H and O–H groups in total. The maximum Gasteiger partial charge on any atom is 0.0700 e. The summed E-state index contributed by atoms with van der Waals surface area (Å²) in [5.41, 5.74) is 5.24. The van der Waals surface area contributed by atoms with Gasteiger partial charge in [0, 0.05) is 19.8 Å². The average Bonchev–Trinajstić information content (AvgIpc) is 2.34. The Hall–Kier alpha value is -0.120. The molecule has 1 aliphatic heterocycles. The van der Waals surface area contributed by atoms with Gasteiger partial charge in [-0.25, -0.2) is 0 Å². The average molecular weight is 130 g/mol. The number of hydrogen-bond donors (Lipinski definition) is 2. The van der Waals surface area contributed by atoms with Crippen LogP contribution in [0.1, 0.15) is 12.8 Å². The van der Waals surface area contributed by atoms with Crippen molar-refractivity contribution in [3.8, 4) is 0 Å². The molecule has 0 saturated carbocycles. The molecule has 0 aromatic carbocycles. The van der Waals surface area contributed by atoms with Gasteiger partial charge < -0.3 is 15.8 Å². The van der Waals surface area contributed by atoms with Crippen LogP contribution in [-0.4, -0.2) is 25.9 Å². The second-order valence-electron chi connectivity index (χ2n) is 2.29. The molecule has 0 radical (unpaired) electrons. The van der Waals surface area contributed by atoms with Crippen LogP contribution in [0.3, 0.4) is 0 Å². The van der Waals surface area contributed by atoms with Crippen molar-refractivity contribution in [2.75, 3.05) is 19.8 Å². The normalized spacial score (nSPS) is 27.0. The highest BCUT2D eigenvalue weighted by molar-refractivity contribution is 4.66. The lowest BCUT2D eigenvalue weighted by atomic mass is 10.2. The summed E-state index contributed by atoms with van der Waals surface area (Å²) >= 11 is 0. The second-order valence-corrected chi connectivity index (χ2v) is 2.29. The van der Waals surface area contributed by atoms with E-state index in [2.05, 4.69) is 5.32 Å². The minimum absolute atomic E-state index is 0.425. The molecule has 0 aromatic heterocycles. The van der Waals surface area contributed by atoms with E-state index in [-0.39, 0.29) is 0 Å². The molecule has 1 atom stereocenters. The van der Waals surface area contributed by atoms with Crippen molar-refractivity contribution >= 4 is 0 Å². The Morgan fingerprint density at radius 2 is 2.56 bits per heavy atom. The highest BCUT2D eigenvalue weighted by atomic mass is 16.5. The van der Waals surface area contributed by atoms with E-state index in [0.29, 0.717) is 12.8 Å². The predicted octanol–water partition coefficient (Wildman–Crippen LogP) is -0.329. The summed E-state index contributed by atoms with van der Waals surface area (Å²) in [5, 5.41) is 3.04. The number of rotatable bonds is 3. The molecule has 0 aliphatic carbocycles. The van der Waals surface area contributed by atoms with Gasteiger partial charge in [-0.2, -0.15) is 0 Å². The summed E-state index contributed by atoms with van der Waals surface area (Å²) in [6.07, 6.45) is 2.82. The lowest BCUT2D eigenvalue weighted by Crippen LogP contribution is -2.30. The molecule has 1 rings (SSSR count). The molecule has 0 aromatic rings. The van der Waals surface area contributed by atoms with Crippen molar-refractivity contribution in [1.29, 1.82) is 0 Å². The van der Waals surface area contributed by atoms with Crippen molar-refractivity contribution in [2.45, 2.75) is 18.9 Å². The predicted molar refractivity (Wildman–Crippen MR) is 36.0 cm³/mol. The molecule has 1 saturated heterocycles. The first-order valence-electron chi connectivity index (χ1n) is 3.46. The fourth-order valence-electron chi connectivity index (χ4n) is 1.05. The summed E-state index contributed by atoms with van der Waals surface area (Å²) in [7, 11) is 0. The zero-order valence-electron chi connectivity index (χ0n) is 5.60. The van der Waals surface area contributed by atoms with Crippen LogP contribution < -0.4 is 11.1 Å². The molecule has 9 heavy (non-hydrogen) atoms. The van der Waals surface area contributed by atoms with Gasteiger partial charge in [-0.1, -0.05) is 0 Å². The highest BCUT2D eigenvalue weighted by Gasteiger charge is 2.13. The van der Waals surface area contributed by atoms with E-state index in [9.17, 15) is 0 Å². The van der Waals surface area contributed by atoms with Crippen LogP contribution in [0.4, 0.5) is 0 Å². The van der Waals surface area contributed by atoms with Gasteiger partial charge in [0.2, 0.25) is 0 Å². The minimum Gasteiger partial charge on any atom is -0.377 e. The summed E-state index contributed by atoms with van der Waals surface area (Å²) in [5.74, 6) is 0. The lowest BCUT2D eigenvalue weighted by Gasteiger charge is -2.07. The van der Waals surface area contributed by atoms with E-state index >= 15 is 0 Å². The SMILES string of the molecule is NCNCC1CCCO1. The largest absolute Gasteiger partial charge is 0.377 e. The second kappa shape index (κ2) is 3.82. The summed E-state index contributed by atoms with van der Waals surface area (Å²) in [6, 6.07) is 0. The summed E-state index contributed by atoms with van der Waals surface area (Å²) in [4.78, 5) is 0. The Morgan fingerprint density at radius 1 is 1.67 bits per heavy atom. The number of hydrogen-bond acceptors (Lipinski definition) is 3. The van der Waals surface area contributed by atoms with Crippen molar-refractivity contribution in [1.82, 2.24) is 5.32 Å². The van der Waals surface area contributed by atoms with Crippen LogP contribution in [0, 0.1) is 0 Å². The number of nitrogens with two attached hydrogens (primary N) is 1. The van der Waals surface area contributed by atoms with Gasteiger partial charge in [0.1, 0.15) is 0 Å². The van der Waals surface area contributed by atoms with E-state index in [1.165, 1.54) is 12.8 Å². The first kappa shape index (κ1) is 6.99. The fraction of sp³-hybridized carbons (Fsp3) is 1.00. The minimum atomic E-state index is 0.425. The van der Waals surface area contributed by atoms with Gasteiger partial charge >= 0.3 is 0 Å². The van der Waals surface area contributed by atoms with Gasteiger partial charge in [-0.05, 0) is 12.8 Å². The molecule has 0 amide bonds. The molecule has 1 aliphatic rings. The Kier molecular flexibility index (Phi) is 2.97. The van der Waals surface area contributed by atoms with Crippen LogP contribution in [0.2, 0.25) is 0 Å². The number of ether oxygens (including phenoxy) is 1. The first-order chi connectivity index (χ1) is 4.43. The molecule has 1 unspecified atom stereocenters. The Morgan fingerprint density at radius 3 is 3.11 bits per heavy atom. The summed E-state index contributed by atoms with van der Waals surface area (Å²) in [6.45, 7) is 2.40. The van der Waals surface area contributed by atoms with Gasteiger partial charge in [0.25, 0.3) is 0 Å². The van der Waals surface area contributed by atoms with Crippen LogP contribution in [0.5, 0.6) is 0 Å². The molecule has 3 heteroatoms. The maximum atomic E-state index is 5.34. The van der Waals surface area contributed by atoms with E-state index in [0.717, 1.165) is 13.2 Å². The third-order valence-corrected chi connectivity index (χ3v) is 1.54. The third kappa shape index (κ3) is 2.30. The van der Waals surface area contributed by atoms with Crippen LogP contribution in [0.15, 0.2) is 0 Å². The van der Waals surface area contributed by atoms with Crippen LogP contribution in [-0.2, 0) is 4.74 Å². The zero-order chi connectivity index (χ0) is 6.53. The zero-order valence-corrected chi connectivity index (χ0v) is 5.60. The summed E-state index contributed by atoms with van der Waals surface area (Å²) < 4.78 is 5.34. The molecule has 0 spiro atoms. The molecule has 0 bridgehead atoms. The van der Waals surface area contributed by atoms with Crippen LogP contribution >= 0.6 is 0 Å². The standard InChI is InChI=1S/C6H14N2O/c7-5-8-4-6-2-1-3-9-6/h6,8H,1-5,7H2. The van der Waals surface area contributed by atoms with E-state index in [1.807, 2.05) is 0 Å². The Balaban J connectivity index is 1.98. The molecule has 3 nitrogen and oxygen atoms in total. The molecule has 54 valence electrons. The van der Waals surface area contributed by atoms with Gasteiger partial charge in [-0.15, -0.1) is 0 Å². The van der Waals surface area contributed by atoms with Gasteiger partial charge in [0.15, 0.2) is 0 Å².